The summed E-state index contributed by atoms with van der Waals surface area (Å²) in [5.41, 5.74) is -1.17. The van der Waals surface area contributed by atoms with Gasteiger partial charge < -0.3 is 19.9 Å². The number of amides is 1. The van der Waals surface area contributed by atoms with Gasteiger partial charge in [0.25, 0.3) is 0 Å². The molecular weight excluding hydrogens is 310 g/mol. The van der Waals surface area contributed by atoms with Gasteiger partial charge in [0.15, 0.2) is 6.61 Å². The smallest absolute Gasteiger partial charge is 0.407 e. The molecule has 6 nitrogen and oxygen atoms in total. The summed E-state index contributed by atoms with van der Waals surface area (Å²) in [7, 11) is 0. The molecule has 0 unspecified atom stereocenters. The summed E-state index contributed by atoms with van der Waals surface area (Å²) < 4.78 is 10.2. The maximum Gasteiger partial charge on any atom is 0.407 e. The molecular formula is C18H31NO5. The number of rotatable bonds is 4. The van der Waals surface area contributed by atoms with Gasteiger partial charge in [-0.05, 0) is 55.4 Å². The molecule has 0 aromatic carbocycles. The Bertz CT molecular complexity index is 490. The van der Waals surface area contributed by atoms with Gasteiger partial charge in [0.1, 0.15) is 5.60 Å². The molecule has 0 fully saturated rings. The third-order valence-electron chi connectivity index (χ3n) is 2.99. The molecule has 0 saturated carbocycles. The second kappa shape index (κ2) is 8.93. The zero-order chi connectivity index (χ0) is 19.1. The average Bonchev–Trinajstić information content (AvgIpc) is 2.38. The number of aliphatic hydroxyl groups excluding tert-OH is 1. The first-order chi connectivity index (χ1) is 10.7. The van der Waals surface area contributed by atoms with Crippen molar-refractivity contribution in [3.05, 3.63) is 0 Å². The van der Waals surface area contributed by atoms with Gasteiger partial charge in [-0.15, -0.1) is 0 Å². The fourth-order valence-corrected chi connectivity index (χ4v) is 1.62. The van der Waals surface area contributed by atoms with Crippen LogP contribution < -0.4 is 5.32 Å². The summed E-state index contributed by atoms with van der Waals surface area (Å²) in [4.78, 5) is 23.3. The lowest BCUT2D eigenvalue weighted by Gasteiger charge is -2.25. The second-order valence-corrected chi connectivity index (χ2v) is 7.86. The number of ether oxygens (including phenoxy) is 2. The molecule has 0 aromatic heterocycles. The van der Waals surface area contributed by atoms with Gasteiger partial charge in [0.05, 0.1) is 17.6 Å². The van der Waals surface area contributed by atoms with Crippen LogP contribution in [0.1, 0.15) is 55.4 Å². The van der Waals surface area contributed by atoms with Crippen molar-refractivity contribution in [2.75, 3.05) is 6.61 Å². The average molecular weight is 341 g/mol. The molecule has 3 atom stereocenters. The summed E-state index contributed by atoms with van der Waals surface area (Å²) in [5.74, 6) is 4.81. The van der Waals surface area contributed by atoms with E-state index in [1.807, 2.05) is 0 Å². The minimum absolute atomic E-state index is 0.0267. The zero-order valence-electron chi connectivity index (χ0n) is 16.0. The standard InChI is InChI=1S/C18H31NO5/c1-12(10-9-11-23-15(21)17(3,4)5)14(20)13(2)19-16(22)24-18(6,7)8/h12-14,20H,11H2,1-8H3,(H,19,22)/t12-,13-,14-/m1/s1. The lowest BCUT2D eigenvalue weighted by molar-refractivity contribution is -0.151. The SMILES string of the molecule is C[C@H](C#CCOC(=O)C(C)(C)C)[C@@H](O)[C@@H](C)NC(=O)OC(C)(C)C. The van der Waals surface area contributed by atoms with Gasteiger partial charge in [-0.25, -0.2) is 4.79 Å². The maximum absolute atomic E-state index is 11.7. The monoisotopic (exact) mass is 341 g/mol. The van der Waals surface area contributed by atoms with E-state index in [9.17, 15) is 14.7 Å². The molecule has 0 aromatic rings. The highest BCUT2D eigenvalue weighted by Crippen LogP contribution is 2.14. The number of alkyl carbamates (subject to hydrolysis) is 1. The van der Waals surface area contributed by atoms with Crippen LogP contribution in [0.2, 0.25) is 0 Å². The normalized spacial score (nSPS) is 15.4. The van der Waals surface area contributed by atoms with Crippen LogP contribution in [0.4, 0.5) is 4.79 Å². The van der Waals surface area contributed by atoms with Crippen LogP contribution >= 0.6 is 0 Å². The van der Waals surface area contributed by atoms with Crippen molar-refractivity contribution in [2.24, 2.45) is 11.3 Å². The number of aliphatic hydroxyl groups is 1. The third kappa shape index (κ3) is 9.41. The highest BCUT2D eigenvalue weighted by atomic mass is 16.6. The Labute approximate surface area is 145 Å². The first-order valence-corrected chi connectivity index (χ1v) is 8.07. The van der Waals surface area contributed by atoms with Gasteiger partial charge in [0, 0.05) is 5.92 Å². The van der Waals surface area contributed by atoms with Gasteiger partial charge >= 0.3 is 12.1 Å². The van der Waals surface area contributed by atoms with Crippen molar-refractivity contribution in [3.8, 4) is 11.8 Å². The molecule has 24 heavy (non-hydrogen) atoms. The maximum atomic E-state index is 11.7. The van der Waals surface area contributed by atoms with Crippen molar-refractivity contribution in [1.29, 1.82) is 0 Å². The Balaban J connectivity index is 4.41. The van der Waals surface area contributed by atoms with Crippen LogP contribution in [-0.4, -0.2) is 41.5 Å². The summed E-state index contributed by atoms with van der Waals surface area (Å²) in [6, 6.07) is -0.527. The molecule has 6 heteroatoms. The van der Waals surface area contributed by atoms with E-state index < -0.39 is 35.2 Å². The topological polar surface area (TPSA) is 84.9 Å². The highest BCUT2D eigenvalue weighted by Gasteiger charge is 2.24. The zero-order valence-corrected chi connectivity index (χ0v) is 16.0. The van der Waals surface area contributed by atoms with Gasteiger partial charge in [-0.2, -0.15) is 0 Å². The van der Waals surface area contributed by atoms with E-state index in [1.165, 1.54) is 0 Å². The molecule has 2 N–H and O–H groups in total. The molecule has 1 amide bonds. The van der Waals surface area contributed by atoms with E-state index in [4.69, 9.17) is 9.47 Å². The van der Waals surface area contributed by atoms with Crippen molar-refractivity contribution < 1.29 is 24.2 Å². The minimum atomic E-state index is -0.872. The Morgan fingerprint density at radius 3 is 2.12 bits per heavy atom. The second-order valence-electron chi connectivity index (χ2n) is 7.86. The Kier molecular flexibility index (Phi) is 8.28. The number of esters is 1. The molecule has 0 heterocycles. The minimum Gasteiger partial charge on any atom is -0.452 e. The summed E-state index contributed by atoms with van der Waals surface area (Å²) in [6.07, 6.45) is -1.46. The number of carbonyl (C=O) groups excluding carboxylic acids is 2. The van der Waals surface area contributed by atoms with Crippen molar-refractivity contribution in [3.63, 3.8) is 0 Å². The molecule has 0 spiro atoms. The lowest BCUT2D eigenvalue weighted by atomic mass is 9.97. The number of carbonyl (C=O) groups is 2. The third-order valence-corrected chi connectivity index (χ3v) is 2.99. The highest BCUT2D eigenvalue weighted by molar-refractivity contribution is 5.75. The molecule has 0 rings (SSSR count). The fourth-order valence-electron chi connectivity index (χ4n) is 1.62. The molecule has 0 saturated heterocycles. The fraction of sp³-hybridized carbons (Fsp3) is 0.778. The molecule has 0 radical (unpaired) electrons. The van der Waals surface area contributed by atoms with Crippen LogP contribution in [0.5, 0.6) is 0 Å². The first kappa shape index (κ1) is 22.3. The van der Waals surface area contributed by atoms with E-state index in [1.54, 1.807) is 55.4 Å². The quantitative estimate of drug-likeness (QED) is 0.606. The van der Waals surface area contributed by atoms with Crippen LogP contribution in [0.3, 0.4) is 0 Å². The van der Waals surface area contributed by atoms with Crippen molar-refractivity contribution >= 4 is 12.1 Å². The van der Waals surface area contributed by atoms with Gasteiger partial charge in [-0.1, -0.05) is 11.8 Å². The van der Waals surface area contributed by atoms with Crippen molar-refractivity contribution in [1.82, 2.24) is 5.32 Å². The van der Waals surface area contributed by atoms with Gasteiger partial charge in [0.2, 0.25) is 0 Å². The molecule has 0 aliphatic carbocycles. The Morgan fingerprint density at radius 1 is 1.12 bits per heavy atom. The number of nitrogens with one attached hydrogen (secondary N) is 1. The van der Waals surface area contributed by atoms with E-state index in [0.717, 1.165) is 0 Å². The predicted octanol–water partition coefficient (Wildman–Crippen LogP) is 2.49. The summed E-state index contributed by atoms with van der Waals surface area (Å²) >= 11 is 0. The van der Waals surface area contributed by atoms with Crippen LogP contribution in [0.25, 0.3) is 0 Å². The summed E-state index contributed by atoms with van der Waals surface area (Å²) in [6.45, 7) is 14.0. The van der Waals surface area contributed by atoms with Crippen LogP contribution in [-0.2, 0) is 14.3 Å². The number of hydrogen-bond donors (Lipinski definition) is 2. The Hall–Kier alpha value is -1.74. The first-order valence-electron chi connectivity index (χ1n) is 8.07. The van der Waals surface area contributed by atoms with E-state index >= 15 is 0 Å². The molecule has 0 bridgehead atoms. The molecule has 0 aliphatic rings. The van der Waals surface area contributed by atoms with Crippen molar-refractivity contribution in [2.45, 2.75) is 73.1 Å². The lowest BCUT2D eigenvalue weighted by Crippen LogP contribution is -2.45. The largest absolute Gasteiger partial charge is 0.452 e. The van der Waals surface area contributed by atoms with Crippen LogP contribution in [0.15, 0.2) is 0 Å². The molecule has 0 aliphatic heterocycles. The van der Waals surface area contributed by atoms with E-state index in [-0.39, 0.29) is 12.6 Å². The molecule has 138 valence electrons. The van der Waals surface area contributed by atoms with Crippen LogP contribution in [0, 0.1) is 23.2 Å². The number of hydrogen-bond acceptors (Lipinski definition) is 5. The van der Waals surface area contributed by atoms with E-state index in [0.29, 0.717) is 0 Å². The van der Waals surface area contributed by atoms with E-state index in [2.05, 4.69) is 17.2 Å². The van der Waals surface area contributed by atoms with Gasteiger partial charge in [-0.3, -0.25) is 4.79 Å². The predicted molar refractivity (Wildman–Crippen MR) is 92.2 cm³/mol. The summed E-state index contributed by atoms with van der Waals surface area (Å²) in [5, 5.41) is 12.8. The Morgan fingerprint density at radius 2 is 1.67 bits per heavy atom.